The molecule has 10 rings (SSSR count). The Hall–Kier alpha value is -7.04. The van der Waals surface area contributed by atoms with Crippen LogP contribution in [0.4, 0.5) is 22.7 Å². The molecule has 252 valence electrons. The van der Waals surface area contributed by atoms with Gasteiger partial charge in [0.05, 0.1) is 22.4 Å². The van der Waals surface area contributed by atoms with Crippen molar-refractivity contribution in [1.29, 1.82) is 0 Å². The molecule has 53 heavy (non-hydrogen) atoms. The molecule has 0 aliphatic carbocycles. The first-order valence-corrected chi connectivity index (χ1v) is 18.0. The Kier molecular flexibility index (Phi) is 7.51. The quantitative estimate of drug-likeness (QED) is 0.167. The highest BCUT2D eigenvalue weighted by Gasteiger charge is 2.28. The number of ether oxygens (including phenoxy) is 1. The van der Waals surface area contributed by atoms with Gasteiger partial charge in [-0.25, -0.2) is 0 Å². The molecule has 0 fully saturated rings. The third-order valence-corrected chi connectivity index (χ3v) is 10.2. The van der Waals surface area contributed by atoms with Crippen molar-refractivity contribution in [3.05, 3.63) is 200 Å². The van der Waals surface area contributed by atoms with E-state index in [1.54, 1.807) is 0 Å². The standard InChI is InChI=1S/C49H35N3O/c1-4-15-35(16-5-1)37-29-38(36-17-6-2-7-18-36)31-41(30-37)51-34-50(47-25-12-13-26-48(47)51)40-21-14-22-42(32-40)53-43-27-28-45-44-23-10-11-24-46(44)52(49(45)33-43)39-19-8-3-9-20-39/h1-33H,34H2. The number of hydrogen-bond acceptors (Lipinski definition) is 3. The maximum Gasteiger partial charge on any atom is 0.129 e. The normalized spacial score (nSPS) is 12.4. The second kappa shape index (κ2) is 12.9. The summed E-state index contributed by atoms with van der Waals surface area (Å²) >= 11 is 0. The van der Waals surface area contributed by atoms with Crippen LogP contribution >= 0.6 is 0 Å². The number of aromatic nitrogens is 1. The second-order valence-electron chi connectivity index (χ2n) is 13.5. The molecule has 0 radical (unpaired) electrons. The molecule has 0 bridgehead atoms. The van der Waals surface area contributed by atoms with E-state index in [4.69, 9.17) is 4.74 Å². The van der Waals surface area contributed by atoms with Crippen molar-refractivity contribution in [2.75, 3.05) is 16.5 Å². The van der Waals surface area contributed by atoms with Gasteiger partial charge in [0, 0.05) is 40.0 Å². The topological polar surface area (TPSA) is 20.6 Å². The molecular formula is C49H35N3O. The van der Waals surface area contributed by atoms with Gasteiger partial charge in [0.25, 0.3) is 0 Å². The van der Waals surface area contributed by atoms with Crippen molar-refractivity contribution >= 4 is 44.6 Å². The van der Waals surface area contributed by atoms with Crippen LogP contribution in [0.1, 0.15) is 0 Å². The third-order valence-electron chi connectivity index (χ3n) is 10.2. The van der Waals surface area contributed by atoms with E-state index in [0.29, 0.717) is 6.67 Å². The number of hydrogen-bond donors (Lipinski definition) is 0. The number of para-hydroxylation sites is 4. The Morgan fingerprint density at radius 2 is 0.887 bits per heavy atom. The highest BCUT2D eigenvalue weighted by Crippen LogP contribution is 2.46. The average molecular weight is 682 g/mol. The maximum atomic E-state index is 6.65. The Morgan fingerprint density at radius 3 is 1.58 bits per heavy atom. The fourth-order valence-electron chi connectivity index (χ4n) is 7.74. The van der Waals surface area contributed by atoms with Crippen molar-refractivity contribution in [3.63, 3.8) is 0 Å². The van der Waals surface area contributed by atoms with E-state index in [2.05, 4.69) is 208 Å². The molecule has 0 amide bonds. The van der Waals surface area contributed by atoms with Gasteiger partial charge in [0.15, 0.2) is 0 Å². The molecule has 8 aromatic carbocycles. The summed E-state index contributed by atoms with van der Waals surface area (Å²) < 4.78 is 8.97. The molecule has 0 N–H and O–H groups in total. The third kappa shape index (κ3) is 5.58. The smallest absolute Gasteiger partial charge is 0.129 e. The molecule has 0 saturated heterocycles. The molecule has 4 nitrogen and oxygen atoms in total. The van der Waals surface area contributed by atoms with Crippen molar-refractivity contribution < 1.29 is 4.74 Å². The Morgan fingerprint density at radius 1 is 0.340 bits per heavy atom. The van der Waals surface area contributed by atoms with Gasteiger partial charge in [-0.2, -0.15) is 0 Å². The zero-order valence-electron chi connectivity index (χ0n) is 29.0. The second-order valence-corrected chi connectivity index (χ2v) is 13.5. The van der Waals surface area contributed by atoms with Gasteiger partial charge in [-0.1, -0.05) is 115 Å². The number of nitrogens with zero attached hydrogens (tertiary/aromatic N) is 3. The van der Waals surface area contributed by atoms with E-state index in [9.17, 15) is 0 Å². The molecule has 0 spiro atoms. The highest BCUT2D eigenvalue weighted by atomic mass is 16.5. The summed E-state index contributed by atoms with van der Waals surface area (Å²) in [5.41, 5.74) is 12.7. The van der Waals surface area contributed by atoms with Crippen molar-refractivity contribution in [3.8, 4) is 39.4 Å². The van der Waals surface area contributed by atoms with E-state index >= 15 is 0 Å². The minimum absolute atomic E-state index is 0.665. The molecular weight excluding hydrogens is 647 g/mol. The predicted molar refractivity (Wildman–Crippen MR) is 220 cm³/mol. The summed E-state index contributed by atoms with van der Waals surface area (Å²) in [7, 11) is 0. The lowest BCUT2D eigenvalue weighted by Gasteiger charge is -2.24. The van der Waals surface area contributed by atoms with Crippen LogP contribution in [0.15, 0.2) is 200 Å². The largest absolute Gasteiger partial charge is 0.457 e. The molecule has 2 heterocycles. The Balaban J connectivity index is 1.01. The van der Waals surface area contributed by atoms with Gasteiger partial charge >= 0.3 is 0 Å². The van der Waals surface area contributed by atoms with Gasteiger partial charge in [-0.05, 0) is 95.1 Å². The van der Waals surface area contributed by atoms with E-state index in [1.165, 1.54) is 44.2 Å². The SMILES string of the molecule is c1ccc(-c2cc(-c3ccccc3)cc(N3CN(c4cccc(Oc5ccc6c7ccccc7n(-c7ccccc7)c6c5)c4)c4ccccc43)c2)cc1. The minimum atomic E-state index is 0.665. The van der Waals surface area contributed by atoms with E-state index in [0.717, 1.165) is 39.8 Å². The van der Waals surface area contributed by atoms with Gasteiger partial charge < -0.3 is 19.1 Å². The zero-order valence-corrected chi connectivity index (χ0v) is 29.0. The minimum Gasteiger partial charge on any atom is -0.457 e. The average Bonchev–Trinajstić information content (AvgIpc) is 3.78. The lowest BCUT2D eigenvalue weighted by Crippen LogP contribution is -2.24. The highest BCUT2D eigenvalue weighted by molar-refractivity contribution is 6.09. The van der Waals surface area contributed by atoms with Crippen LogP contribution in [0, 0.1) is 0 Å². The van der Waals surface area contributed by atoms with Crippen LogP contribution in [0.25, 0.3) is 49.7 Å². The van der Waals surface area contributed by atoms with Gasteiger partial charge in [-0.3, -0.25) is 0 Å². The van der Waals surface area contributed by atoms with Crippen molar-refractivity contribution in [2.45, 2.75) is 0 Å². The van der Waals surface area contributed by atoms with E-state index < -0.39 is 0 Å². The van der Waals surface area contributed by atoms with Crippen LogP contribution in [0.5, 0.6) is 11.5 Å². The molecule has 1 aliphatic heterocycles. The number of fused-ring (bicyclic) bond motifs is 4. The van der Waals surface area contributed by atoms with Crippen LogP contribution in [-0.2, 0) is 0 Å². The van der Waals surface area contributed by atoms with Gasteiger partial charge in [0.1, 0.15) is 18.2 Å². The first-order chi connectivity index (χ1) is 26.3. The fraction of sp³-hybridized carbons (Fsp3) is 0.0204. The summed E-state index contributed by atoms with van der Waals surface area (Å²) in [6.07, 6.45) is 0. The molecule has 1 aromatic heterocycles. The molecule has 1 aliphatic rings. The zero-order chi connectivity index (χ0) is 35.1. The summed E-state index contributed by atoms with van der Waals surface area (Å²) in [5, 5.41) is 2.42. The van der Waals surface area contributed by atoms with Gasteiger partial charge in [0.2, 0.25) is 0 Å². The summed E-state index contributed by atoms with van der Waals surface area (Å²) in [5.74, 6) is 1.59. The van der Waals surface area contributed by atoms with Crippen LogP contribution in [0.3, 0.4) is 0 Å². The Bertz CT molecular complexity index is 2680. The lowest BCUT2D eigenvalue weighted by atomic mass is 9.97. The number of rotatable bonds is 7. The van der Waals surface area contributed by atoms with Crippen LogP contribution < -0.4 is 14.5 Å². The number of anilines is 4. The van der Waals surface area contributed by atoms with Crippen molar-refractivity contribution in [1.82, 2.24) is 4.57 Å². The lowest BCUT2D eigenvalue weighted by molar-refractivity contribution is 0.483. The molecule has 9 aromatic rings. The Labute approximate surface area is 309 Å². The van der Waals surface area contributed by atoms with E-state index in [-0.39, 0.29) is 0 Å². The maximum absolute atomic E-state index is 6.65. The van der Waals surface area contributed by atoms with Crippen LogP contribution in [-0.4, -0.2) is 11.2 Å². The van der Waals surface area contributed by atoms with Crippen LogP contribution in [0.2, 0.25) is 0 Å². The summed E-state index contributed by atoms with van der Waals surface area (Å²) in [4.78, 5) is 4.79. The first-order valence-electron chi connectivity index (χ1n) is 18.0. The number of benzene rings is 8. The molecule has 0 saturated carbocycles. The van der Waals surface area contributed by atoms with Gasteiger partial charge in [-0.15, -0.1) is 0 Å². The first kappa shape index (κ1) is 30.8. The summed E-state index contributed by atoms with van der Waals surface area (Å²) in [6, 6.07) is 70.8. The fourth-order valence-corrected chi connectivity index (χ4v) is 7.74. The van der Waals surface area contributed by atoms with Crippen molar-refractivity contribution in [2.24, 2.45) is 0 Å². The molecule has 4 heteroatoms. The van der Waals surface area contributed by atoms with E-state index in [1.807, 2.05) is 6.07 Å². The monoisotopic (exact) mass is 681 g/mol. The predicted octanol–water partition coefficient (Wildman–Crippen LogP) is 13.2. The molecule has 0 unspecified atom stereocenters. The summed E-state index contributed by atoms with van der Waals surface area (Å²) in [6.45, 7) is 0.665. The molecule has 0 atom stereocenters.